The Labute approximate surface area is 129 Å². The van der Waals surface area contributed by atoms with Crippen molar-refractivity contribution in [3.63, 3.8) is 0 Å². The van der Waals surface area contributed by atoms with Crippen LogP contribution in [0.15, 0.2) is 59.5 Å². The maximum absolute atomic E-state index is 11.8. The summed E-state index contributed by atoms with van der Waals surface area (Å²) in [6, 6.07) is 11.3. The minimum absolute atomic E-state index is 0.284. The van der Waals surface area contributed by atoms with E-state index < -0.39 is 5.97 Å². The zero-order chi connectivity index (χ0) is 13.9. The lowest BCUT2D eigenvalue weighted by Crippen LogP contribution is -2.05. The van der Waals surface area contributed by atoms with Gasteiger partial charge < -0.3 is 4.74 Å². The predicted octanol–water partition coefficient (Wildman–Crippen LogP) is 3.03. The average Bonchev–Trinajstić information content (AvgIpc) is 2.82. The normalized spacial score (nSPS) is 16.1. The van der Waals surface area contributed by atoms with Crippen LogP contribution in [0.1, 0.15) is 11.1 Å². The minimum atomic E-state index is -0.442. The Hall–Kier alpha value is -2.02. The topological polar surface area (TPSA) is 51.5 Å². The van der Waals surface area contributed by atoms with E-state index in [4.69, 9.17) is 4.74 Å². The van der Waals surface area contributed by atoms with E-state index in [0.29, 0.717) is 5.90 Å². The van der Waals surface area contributed by atoms with Gasteiger partial charge in [0.1, 0.15) is 0 Å². The predicted molar refractivity (Wildman–Crippen MR) is 84.0 cm³/mol. The molecule has 0 bridgehead atoms. The van der Waals surface area contributed by atoms with Gasteiger partial charge in [-0.15, -0.1) is 0 Å². The molecule has 5 heteroatoms. The Morgan fingerprint density at radius 3 is 2.65 bits per heavy atom. The lowest BCUT2D eigenvalue weighted by molar-refractivity contribution is -0.129. The Kier molecular flexibility index (Phi) is 3.60. The number of carbonyl (C=O) groups excluding carboxylic acids is 1. The number of pyridine rings is 1. The Bertz CT molecular complexity index is 706. The molecule has 1 aromatic heterocycles. The molecule has 0 saturated carbocycles. The number of benzene rings is 1. The average molecular weight is 376 g/mol. The minimum Gasteiger partial charge on any atom is -0.402 e. The van der Waals surface area contributed by atoms with Gasteiger partial charge in [-0.25, -0.2) is 9.79 Å². The molecular formula is C15H9IN2O2. The second-order valence-corrected chi connectivity index (χ2v) is 5.37. The van der Waals surface area contributed by atoms with Gasteiger partial charge in [-0.05, 0) is 64.6 Å². The highest BCUT2D eigenvalue weighted by Gasteiger charge is 2.23. The third kappa shape index (κ3) is 2.77. The van der Waals surface area contributed by atoms with Crippen LogP contribution < -0.4 is 0 Å². The standard InChI is InChI=1S/C15H9IN2O2/c16-12-5-3-11(4-6-12)14-18-13(15(19)20-14)8-10-2-1-7-17-9-10/h1-9H/b13-8-. The fourth-order valence-corrected chi connectivity index (χ4v) is 2.10. The van der Waals surface area contributed by atoms with Crippen LogP contribution >= 0.6 is 22.6 Å². The number of hydrogen-bond acceptors (Lipinski definition) is 4. The van der Waals surface area contributed by atoms with E-state index in [1.807, 2.05) is 30.3 Å². The number of aromatic nitrogens is 1. The fourth-order valence-electron chi connectivity index (χ4n) is 1.74. The van der Waals surface area contributed by atoms with Crippen LogP contribution in [0.3, 0.4) is 0 Å². The van der Waals surface area contributed by atoms with Crippen LogP contribution in [0.25, 0.3) is 6.08 Å². The molecule has 0 fully saturated rings. The van der Waals surface area contributed by atoms with E-state index in [9.17, 15) is 4.79 Å². The van der Waals surface area contributed by atoms with Crippen molar-refractivity contribution in [3.05, 3.63) is 69.2 Å². The molecule has 4 nitrogen and oxygen atoms in total. The molecule has 1 aliphatic heterocycles. The van der Waals surface area contributed by atoms with Crippen molar-refractivity contribution >= 4 is 40.5 Å². The Morgan fingerprint density at radius 2 is 1.95 bits per heavy atom. The van der Waals surface area contributed by atoms with Crippen molar-refractivity contribution in [2.24, 2.45) is 4.99 Å². The van der Waals surface area contributed by atoms with Gasteiger partial charge in [-0.3, -0.25) is 4.98 Å². The fraction of sp³-hybridized carbons (Fsp3) is 0. The first-order valence-corrected chi connectivity index (χ1v) is 6.99. The van der Waals surface area contributed by atoms with Crippen molar-refractivity contribution in [1.29, 1.82) is 0 Å². The smallest absolute Gasteiger partial charge is 0.363 e. The largest absolute Gasteiger partial charge is 0.402 e. The summed E-state index contributed by atoms with van der Waals surface area (Å²) in [5.74, 6) is -0.107. The number of carbonyl (C=O) groups is 1. The molecule has 0 radical (unpaired) electrons. The van der Waals surface area contributed by atoms with Crippen LogP contribution in [-0.4, -0.2) is 16.9 Å². The second kappa shape index (κ2) is 5.54. The maximum atomic E-state index is 11.8. The number of rotatable bonds is 2. The highest BCUT2D eigenvalue weighted by atomic mass is 127. The summed E-state index contributed by atoms with van der Waals surface area (Å²) >= 11 is 2.22. The number of halogens is 1. The van der Waals surface area contributed by atoms with E-state index in [1.165, 1.54) is 0 Å². The quantitative estimate of drug-likeness (QED) is 0.460. The van der Waals surface area contributed by atoms with Gasteiger partial charge in [0.05, 0.1) is 0 Å². The molecule has 2 aromatic rings. The van der Waals surface area contributed by atoms with Gasteiger partial charge in [0.25, 0.3) is 0 Å². The summed E-state index contributed by atoms with van der Waals surface area (Å²) < 4.78 is 6.31. The van der Waals surface area contributed by atoms with Gasteiger partial charge in [0, 0.05) is 21.5 Å². The van der Waals surface area contributed by atoms with E-state index >= 15 is 0 Å². The van der Waals surface area contributed by atoms with Crippen molar-refractivity contribution in [1.82, 2.24) is 4.98 Å². The Balaban J connectivity index is 1.93. The first kappa shape index (κ1) is 13.0. The van der Waals surface area contributed by atoms with Crippen LogP contribution in [0.4, 0.5) is 0 Å². The second-order valence-electron chi connectivity index (χ2n) is 4.13. The molecule has 0 atom stereocenters. The van der Waals surface area contributed by atoms with Crippen molar-refractivity contribution < 1.29 is 9.53 Å². The molecule has 0 unspecified atom stereocenters. The molecule has 1 aliphatic rings. The van der Waals surface area contributed by atoms with Gasteiger partial charge in [0.2, 0.25) is 5.90 Å². The number of nitrogens with zero attached hydrogens (tertiary/aromatic N) is 2. The maximum Gasteiger partial charge on any atom is 0.363 e. The zero-order valence-corrected chi connectivity index (χ0v) is 12.4. The molecule has 2 heterocycles. The van der Waals surface area contributed by atoms with Gasteiger partial charge in [0.15, 0.2) is 5.70 Å². The summed E-state index contributed by atoms with van der Waals surface area (Å²) in [7, 11) is 0. The van der Waals surface area contributed by atoms with Crippen LogP contribution in [0, 0.1) is 3.57 Å². The first-order chi connectivity index (χ1) is 9.72. The monoisotopic (exact) mass is 376 g/mol. The van der Waals surface area contributed by atoms with Gasteiger partial charge in [-0.2, -0.15) is 0 Å². The van der Waals surface area contributed by atoms with Gasteiger partial charge >= 0.3 is 5.97 Å². The lowest BCUT2D eigenvalue weighted by atomic mass is 10.2. The molecule has 0 saturated heterocycles. The first-order valence-electron chi connectivity index (χ1n) is 5.91. The molecule has 20 heavy (non-hydrogen) atoms. The van der Waals surface area contributed by atoms with E-state index in [2.05, 4.69) is 32.6 Å². The van der Waals surface area contributed by atoms with Gasteiger partial charge in [-0.1, -0.05) is 6.07 Å². The molecular weight excluding hydrogens is 367 g/mol. The number of esters is 1. The third-order valence-corrected chi connectivity index (χ3v) is 3.42. The molecule has 98 valence electrons. The van der Waals surface area contributed by atoms with Crippen molar-refractivity contribution in [3.8, 4) is 0 Å². The molecule has 0 spiro atoms. The van der Waals surface area contributed by atoms with Crippen LogP contribution in [0.5, 0.6) is 0 Å². The number of cyclic esters (lactones) is 1. The molecule has 3 rings (SSSR count). The number of hydrogen-bond donors (Lipinski definition) is 0. The van der Waals surface area contributed by atoms with Crippen LogP contribution in [0.2, 0.25) is 0 Å². The van der Waals surface area contributed by atoms with Crippen LogP contribution in [-0.2, 0) is 9.53 Å². The molecule has 0 N–H and O–H groups in total. The number of aliphatic imine (C=N–C) groups is 1. The Morgan fingerprint density at radius 1 is 1.15 bits per heavy atom. The summed E-state index contributed by atoms with van der Waals surface area (Å²) in [6.07, 6.45) is 5.00. The molecule has 0 amide bonds. The van der Waals surface area contributed by atoms with Crippen molar-refractivity contribution in [2.45, 2.75) is 0 Å². The summed E-state index contributed by atoms with van der Waals surface area (Å²) in [5, 5.41) is 0. The summed E-state index contributed by atoms with van der Waals surface area (Å²) in [6.45, 7) is 0. The summed E-state index contributed by atoms with van der Waals surface area (Å²) in [4.78, 5) is 20.0. The highest BCUT2D eigenvalue weighted by molar-refractivity contribution is 14.1. The third-order valence-electron chi connectivity index (χ3n) is 2.70. The number of ether oxygens (including phenoxy) is 1. The highest BCUT2D eigenvalue weighted by Crippen LogP contribution is 2.19. The zero-order valence-electron chi connectivity index (χ0n) is 10.3. The molecule has 1 aromatic carbocycles. The van der Waals surface area contributed by atoms with E-state index in [0.717, 1.165) is 14.7 Å². The van der Waals surface area contributed by atoms with E-state index in [1.54, 1.807) is 24.5 Å². The molecule has 0 aliphatic carbocycles. The van der Waals surface area contributed by atoms with E-state index in [-0.39, 0.29) is 5.70 Å². The summed E-state index contributed by atoms with van der Waals surface area (Å²) in [5.41, 5.74) is 1.88. The van der Waals surface area contributed by atoms with Crippen molar-refractivity contribution in [2.75, 3.05) is 0 Å². The SMILES string of the molecule is O=C1OC(c2ccc(I)cc2)=N/C1=C\c1cccnc1. The lowest BCUT2D eigenvalue weighted by Gasteiger charge is -1.98.